The van der Waals surface area contributed by atoms with E-state index in [0.717, 1.165) is 5.69 Å². The van der Waals surface area contributed by atoms with Gasteiger partial charge in [-0.15, -0.1) is 0 Å². The van der Waals surface area contributed by atoms with E-state index >= 15 is 0 Å². The Bertz CT molecular complexity index is 540. The molecular formula is C12H10ClN3O. The average molecular weight is 248 g/mol. The second-order valence-electron chi connectivity index (χ2n) is 3.51. The fourth-order valence-corrected chi connectivity index (χ4v) is 1.46. The number of hydrogen-bond acceptors (Lipinski definition) is 3. The van der Waals surface area contributed by atoms with Gasteiger partial charge in [-0.3, -0.25) is 9.78 Å². The molecule has 0 spiro atoms. The highest BCUT2D eigenvalue weighted by atomic mass is 35.5. The number of hydrogen-bond donors (Lipinski definition) is 1. The lowest BCUT2D eigenvalue weighted by Gasteiger charge is -2.04. The summed E-state index contributed by atoms with van der Waals surface area (Å²) in [4.78, 5) is 19.7. The average Bonchev–Trinajstić information content (AvgIpc) is 2.29. The van der Waals surface area contributed by atoms with Gasteiger partial charge in [-0.05, 0) is 31.2 Å². The molecule has 0 unspecified atom stereocenters. The maximum Gasteiger partial charge on any atom is 0.257 e. The third-order valence-corrected chi connectivity index (χ3v) is 2.36. The molecule has 1 amide bonds. The van der Waals surface area contributed by atoms with Gasteiger partial charge in [-0.1, -0.05) is 11.6 Å². The predicted molar refractivity (Wildman–Crippen MR) is 66.2 cm³/mol. The van der Waals surface area contributed by atoms with Gasteiger partial charge in [0.15, 0.2) is 0 Å². The van der Waals surface area contributed by atoms with E-state index in [1.54, 1.807) is 24.3 Å². The molecule has 2 aromatic rings. The molecule has 86 valence electrons. The molecule has 0 aromatic carbocycles. The summed E-state index contributed by atoms with van der Waals surface area (Å²) in [5.74, 6) is -0.222. The first-order valence-corrected chi connectivity index (χ1v) is 5.38. The Morgan fingerprint density at radius 3 is 2.76 bits per heavy atom. The number of amides is 1. The van der Waals surface area contributed by atoms with E-state index in [1.807, 2.05) is 6.92 Å². The minimum atomic E-state index is -0.222. The zero-order valence-corrected chi connectivity index (χ0v) is 9.90. The molecule has 0 saturated carbocycles. The fourth-order valence-electron chi connectivity index (χ4n) is 1.29. The van der Waals surface area contributed by atoms with Crippen molar-refractivity contribution in [3.05, 3.63) is 53.1 Å². The molecule has 0 fully saturated rings. The first-order chi connectivity index (χ1) is 8.15. The number of halogens is 1. The van der Waals surface area contributed by atoms with E-state index in [4.69, 9.17) is 11.6 Å². The number of aromatic nitrogens is 2. The third-order valence-electron chi connectivity index (χ3n) is 2.16. The first kappa shape index (κ1) is 11.5. The largest absolute Gasteiger partial charge is 0.322 e. The van der Waals surface area contributed by atoms with Gasteiger partial charge in [-0.2, -0.15) is 0 Å². The zero-order chi connectivity index (χ0) is 12.3. The van der Waals surface area contributed by atoms with Crippen molar-refractivity contribution in [2.75, 3.05) is 5.32 Å². The summed E-state index contributed by atoms with van der Waals surface area (Å²) in [5, 5.41) is 3.05. The molecule has 5 heteroatoms. The van der Waals surface area contributed by atoms with Crippen molar-refractivity contribution in [1.29, 1.82) is 0 Å². The van der Waals surface area contributed by atoms with Crippen molar-refractivity contribution in [3.8, 4) is 0 Å². The topological polar surface area (TPSA) is 54.9 Å². The lowest BCUT2D eigenvalue weighted by Crippen LogP contribution is -2.12. The molecular weight excluding hydrogens is 238 g/mol. The first-order valence-electron chi connectivity index (χ1n) is 5.01. The molecule has 1 N–H and O–H groups in total. The molecule has 17 heavy (non-hydrogen) atoms. The van der Waals surface area contributed by atoms with E-state index in [0.29, 0.717) is 16.4 Å². The summed E-state index contributed by atoms with van der Waals surface area (Å²) >= 11 is 5.72. The second kappa shape index (κ2) is 4.93. The van der Waals surface area contributed by atoms with Gasteiger partial charge in [0.05, 0.1) is 5.56 Å². The minimum absolute atomic E-state index is 0.222. The van der Waals surface area contributed by atoms with Crippen molar-refractivity contribution in [3.63, 3.8) is 0 Å². The van der Waals surface area contributed by atoms with Crippen molar-refractivity contribution in [2.24, 2.45) is 0 Å². The highest BCUT2D eigenvalue weighted by molar-refractivity contribution is 6.29. The van der Waals surface area contributed by atoms with Gasteiger partial charge < -0.3 is 5.32 Å². The van der Waals surface area contributed by atoms with Crippen LogP contribution in [0.5, 0.6) is 0 Å². The summed E-state index contributed by atoms with van der Waals surface area (Å²) in [7, 11) is 0. The van der Waals surface area contributed by atoms with E-state index in [1.165, 1.54) is 12.4 Å². The van der Waals surface area contributed by atoms with Crippen LogP contribution in [0.1, 0.15) is 16.1 Å². The van der Waals surface area contributed by atoms with Crippen molar-refractivity contribution >= 4 is 23.2 Å². The fraction of sp³-hybridized carbons (Fsp3) is 0.0833. The minimum Gasteiger partial charge on any atom is -0.322 e. The number of aryl methyl sites for hydroxylation is 1. The molecule has 0 aliphatic heterocycles. The molecule has 0 saturated heterocycles. The van der Waals surface area contributed by atoms with Crippen LogP contribution in [0.15, 0.2) is 36.7 Å². The van der Waals surface area contributed by atoms with Crippen molar-refractivity contribution in [1.82, 2.24) is 9.97 Å². The monoisotopic (exact) mass is 247 g/mol. The predicted octanol–water partition coefficient (Wildman–Crippen LogP) is 2.69. The summed E-state index contributed by atoms with van der Waals surface area (Å²) in [5.41, 5.74) is 1.98. The van der Waals surface area contributed by atoms with Crippen LogP contribution in [0.2, 0.25) is 5.15 Å². The number of pyridine rings is 2. The van der Waals surface area contributed by atoms with E-state index < -0.39 is 0 Å². The normalized spacial score (nSPS) is 10.0. The Labute approximate surface area is 104 Å². The molecule has 0 aliphatic rings. The molecule has 0 atom stereocenters. The van der Waals surface area contributed by atoms with E-state index in [2.05, 4.69) is 15.3 Å². The Balaban J connectivity index is 2.14. The number of carbonyl (C=O) groups excluding carboxylic acids is 1. The molecule has 0 radical (unpaired) electrons. The van der Waals surface area contributed by atoms with Crippen molar-refractivity contribution < 1.29 is 4.79 Å². The smallest absolute Gasteiger partial charge is 0.257 e. The van der Waals surface area contributed by atoms with Gasteiger partial charge in [-0.25, -0.2) is 4.98 Å². The van der Waals surface area contributed by atoms with Crippen LogP contribution in [0, 0.1) is 6.92 Å². The third kappa shape index (κ3) is 3.01. The van der Waals surface area contributed by atoms with Crippen molar-refractivity contribution in [2.45, 2.75) is 6.92 Å². The van der Waals surface area contributed by atoms with Crippen LogP contribution >= 0.6 is 11.6 Å². The lowest BCUT2D eigenvalue weighted by molar-refractivity contribution is 0.102. The lowest BCUT2D eigenvalue weighted by atomic mass is 10.2. The number of nitrogens with zero attached hydrogens (tertiary/aromatic N) is 2. The van der Waals surface area contributed by atoms with Crippen LogP contribution in [-0.4, -0.2) is 15.9 Å². The Morgan fingerprint density at radius 1 is 1.29 bits per heavy atom. The molecule has 4 nitrogen and oxygen atoms in total. The van der Waals surface area contributed by atoms with Crippen LogP contribution in [0.25, 0.3) is 0 Å². The van der Waals surface area contributed by atoms with Gasteiger partial charge in [0.2, 0.25) is 0 Å². The number of rotatable bonds is 2. The molecule has 0 bridgehead atoms. The van der Waals surface area contributed by atoms with Gasteiger partial charge in [0.25, 0.3) is 5.91 Å². The molecule has 2 rings (SSSR count). The Morgan fingerprint density at radius 2 is 2.12 bits per heavy atom. The summed E-state index contributed by atoms with van der Waals surface area (Å²) < 4.78 is 0. The standard InChI is InChI=1S/C12H10ClN3O/c1-8-2-3-9(7-15-8)12(17)16-10-4-5-14-11(13)6-10/h2-7H,1H3,(H,14,16,17). The number of nitrogens with one attached hydrogen (secondary N) is 1. The highest BCUT2D eigenvalue weighted by Gasteiger charge is 2.06. The summed E-state index contributed by atoms with van der Waals surface area (Å²) in [6, 6.07) is 6.77. The zero-order valence-electron chi connectivity index (χ0n) is 9.14. The molecule has 2 aromatic heterocycles. The highest BCUT2D eigenvalue weighted by Crippen LogP contribution is 2.13. The van der Waals surface area contributed by atoms with Crippen LogP contribution in [-0.2, 0) is 0 Å². The number of carbonyl (C=O) groups is 1. The van der Waals surface area contributed by atoms with Crippen LogP contribution in [0.4, 0.5) is 5.69 Å². The van der Waals surface area contributed by atoms with Gasteiger partial charge >= 0.3 is 0 Å². The van der Waals surface area contributed by atoms with Gasteiger partial charge in [0, 0.05) is 23.8 Å². The molecule has 0 aliphatic carbocycles. The number of anilines is 1. The van der Waals surface area contributed by atoms with Crippen LogP contribution < -0.4 is 5.32 Å². The SMILES string of the molecule is Cc1ccc(C(=O)Nc2ccnc(Cl)c2)cn1. The van der Waals surface area contributed by atoms with Gasteiger partial charge in [0.1, 0.15) is 5.15 Å². The maximum absolute atomic E-state index is 11.8. The van der Waals surface area contributed by atoms with Crippen LogP contribution in [0.3, 0.4) is 0 Å². The Kier molecular flexibility index (Phi) is 3.35. The maximum atomic E-state index is 11.8. The Hall–Kier alpha value is -1.94. The summed E-state index contributed by atoms with van der Waals surface area (Å²) in [6.07, 6.45) is 3.07. The second-order valence-corrected chi connectivity index (χ2v) is 3.90. The quantitative estimate of drug-likeness (QED) is 0.830. The summed E-state index contributed by atoms with van der Waals surface area (Å²) in [6.45, 7) is 1.87. The van der Waals surface area contributed by atoms with E-state index in [9.17, 15) is 4.79 Å². The molecule has 2 heterocycles. The van der Waals surface area contributed by atoms with E-state index in [-0.39, 0.29) is 5.91 Å².